The molecule has 7 heteroatoms. The summed E-state index contributed by atoms with van der Waals surface area (Å²) in [5.74, 6) is -1.39. The van der Waals surface area contributed by atoms with Crippen molar-refractivity contribution in [1.82, 2.24) is 10.2 Å². The van der Waals surface area contributed by atoms with Gasteiger partial charge in [-0.25, -0.2) is 4.79 Å². The van der Waals surface area contributed by atoms with E-state index < -0.39 is 30.7 Å². The Morgan fingerprint density at radius 3 is 2.67 bits per heavy atom. The van der Waals surface area contributed by atoms with Gasteiger partial charge in [0.2, 0.25) is 0 Å². The molecule has 4 rings (SSSR count). The number of carbonyl (C=O) groups is 4. The number of hydrogen-bond acceptors (Lipinski definition) is 5. The molecule has 0 bridgehead atoms. The summed E-state index contributed by atoms with van der Waals surface area (Å²) in [5, 5.41) is 2.81. The van der Waals surface area contributed by atoms with E-state index in [2.05, 4.69) is 5.32 Å². The number of fused-ring (bicyclic) bond motifs is 1. The summed E-state index contributed by atoms with van der Waals surface area (Å²) in [5.41, 5.74) is 2.08. The molecule has 1 aliphatic heterocycles. The number of nitrogens with one attached hydrogen (secondary N) is 1. The third-order valence-electron chi connectivity index (χ3n) is 6.82. The first-order valence-corrected chi connectivity index (χ1v) is 10.9. The molecular weight excluding hydrogens is 384 g/mol. The highest BCUT2D eigenvalue weighted by Crippen LogP contribution is 2.38. The number of esters is 1. The summed E-state index contributed by atoms with van der Waals surface area (Å²) in [6.45, 7) is 1.08. The van der Waals surface area contributed by atoms with E-state index in [1.807, 2.05) is 19.1 Å². The van der Waals surface area contributed by atoms with E-state index in [-0.39, 0.29) is 17.6 Å². The smallest absolute Gasteiger partial charge is 0.326 e. The van der Waals surface area contributed by atoms with Crippen molar-refractivity contribution < 1.29 is 23.9 Å². The van der Waals surface area contributed by atoms with E-state index >= 15 is 0 Å². The second-order valence-corrected chi connectivity index (χ2v) is 8.71. The van der Waals surface area contributed by atoms with Crippen molar-refractivity contribution in [3.63, 3.8) is 0 Å². The van der Waals surface area contributed by atoms with Crippen LogP contribution in [0.2, 0.25) is 0 Å². The van der Waals surface area contributed by atoms with Gasteiger partial charge in [-0.05, 0) is 61.6 Å². The number of rotatable bonds is 5. The van der Waals surface area contributed by atoms with E-state index in [1.165, 1.54) is 17.5 Å². The number of ketones is 1. The van der Waals surface area contributed by atoms with Crippen molar-refractivity contribution >= 4 is 23.7 Å². The van der Waals surface area contributed by atoms with Gasteiger partial charge < -0.3 is 10.1 Å². The van der Waals surface area contributed by atoms with Gasteiger partial charge in [-0.2, -0.15) is 0 Å². The Morgan fingerprint density at radius 1 is 1.13 bits per heavy atom. The van der Waals surface area contributed by atoms with Gasteiger partial charge in [0.25, 0.3) is 5.91 Å². The number of nitrogens with zero attached hydrogens (tertiary/aromatic N) is 1. The van der Waals surface area contributed by atoms with Crippen molar-refractivity contribution in [2.45, 2.75) is 63.8 Å². The number of hydrogen-bond donors (Lipinski definition) is 1. The van der Waals surface area contributed by atoms with Crippen LogP contribution in [0.4, 0.5) is 4.79 Å². The van der Waals surface area contributed by atoms with Gasteiger partial charge in [-0.3, -0.25) is 19.3 Å². The van der Waals surface area contributed by atoms with E-state index in [9.17, 15) is 19.2 Å². The Hall–Kier alpha value is -2.70. The molecular formula is C23H28N2O5. The molecule has 0 aromatic heterocycles. The van der Waals surface area contributed by atoms with Gasteiger partial charge in [0, 0.05) is 5.56 Å². The summed E-state index contributed by atoms with van der Waals surface area (Å²) in [7, 11) is 0. The first kappa shape index (κ1) is 20.6. The van der Waals surface area contributed by atoms with Crippen molar-refractivity contribution in [2.24, 2.45) is 5.92 Å². The molecule has 1 heterocycles. The highest BCUT2D eigenvalue weighted by atomic mass is 16.5. The quantitative estimate of drug-likeness (QED) is 0.456. The lowest BCUT2D eigenvalue weighted by Gasteiger charge is -2.36. The van der Waals surface area contributed by atoms with Crippen LogP contribution >= 0.6 is 0 Å². The number of urea groups is 1. The van der Waals surface area contributed by atoms with Crippen molar-refractivity contribution in [3.8, 4) is 0 Å². The number of benzene rings is 1. The van der Waals surface area contributed by atoms with Crippen molar-refractivity contribution in [3.05, 3.63) is 34.9 Å². The van der Waals surface area contributed by atoms with Gasteiger partial charge in [-0.15, -0.1) is 0 Å². The fourth-order valence-corrected chi connectivity index (χ4v) is 4.95. The van der Waals surface area contributed by atoms with Crippen LogP contribution in [-0.4, -0.2) is 47.3 Å². The van der Waals surface area contributed by atoms with Crippen LogP contribution in [0, 0.1) is 5.92 Å². The number of ether oxygens (including phenoxy) is 1. The third kappa shape index (κ3) is 3.73. The van der Waals surface area contributed by atoms with Gasteiger partial charge in [0.15, 0.2) is 12.4 Å². The van der Waals surface area contributed by atoms with Gasteiger partial charge in [0.05, 0.1) is 0 Å². The van der Waals surface area contributed by atoms with Gasteiger partial charge in [-0.1, -0.05) is 31.9 Å². The minimum atomic E-state index is -0.908. The van der Waals surface area contributed by atoms with E-state index in [0.717, 1.165) is 43.4 Å². The first-order valence-electron chi connectivity index (χ1n) is 10.9. The summed E-state index contributed by atoms with van der Waals surface area (Å²) in [6, 6.07) is 5.07. The van der Waals surface area contributed by atoms with E-state index in [4.69, 9.17) is 4.74 Å². The molecule has 2 fully saturated rings. The molecule has 0 unspecified atom stereocenters. The Labute approximate surface area is 176 Å². The third-order valence-corrected chi connectivity index (χ3v) is 6.82. The van der Waals surface area contributed by atoms with Crippen LogP contribution in [-0.2, 0) is 27.2 Å². The number of imide groups is 1. The Morgan fingerprint density at radius 2 is 1.90 bits per heavy atom. The van der Waals surface area contributed by atoms with E-state index in [1.54, 1.807) is 6.07 Å². The highest BCUT2D eigenvalue weighted by molar-refractivity contribution is 6.09. The largest absolute Gasteiger partial charge is 0.456 e. The molecule has 30 heavy (non-hydrogen) atoms. The number of carbonyl (C=O) groups excluding carboxylic acids is 4. The molecule has 3 amide bonds. The minimum absolute atomic E-state index is 0.0225. The standard InChI is InChI=1S/C23H28N2O5/c1-15-6-4-5-11-23(15)21(28)25(22(29)24-23)13-20(27)30-14-19(26)18-10-9-16-7-2-3-8-17(16)12-18/h9-10,12,15H,2-8,11,13-14H2,1H3,(H,24,29)/t15-,23-/m0/s1. The Kier molecular flexibility index (Phi) is 5.62. The molecule has 1 saturated heterocycles. The fourth-order valence-electron chi connectivity index (χ4n) is 4.95. The van der Waals surface area contributed by atoms with Crippen molar-refractivity contribution in [2.75, 3.05) is 13.2 Å². The second kappa shape index (κ2) is 8.20. The lowest BCUT2D eigenvalue weighted by molar-refractivity contribution is -0.147. The highest BCUT2D eigenvalue weighted by Gasteiger charge is 2.55. The van der Waals surface area contributed by atoms with Crippen molar-refractivity contribution in [1.29, 1.82) is 0 Å². The normalized spacial score (nSPS) is 25.8. The molecule has 160 valence electrons. The zero-order valence-corrected chi connectivity index (χ0v) is 17.4. The molecule has 0 radical (unpaired) electrons. The van der Waals surface area contributed by atoms with Crippen LogP contribution in [0.25, 0.3) is 0 Å². The molecule has 2 aliphatic carbocycles. The Balaban J connectivity index is 1.34. The summed E-state index contributed by atoms with van der Waals surface area (Å²) in [4.78, 5) is 50.9. The lowest BCUT2D eigenvalue weighted by Crippen LogP contribution is -2.54. The first-order chi connectivity index (χ1) is 14.4. The maximum absolute atomic E-state index is 12.9. The topological polar surface area (TPSA) is 92.8 Å². The van der Waals surface area contributed by atoms with Crippen LogP contribution in [0.15, 0.2) is 18.2 Å². The summed E-state index contributed by atoms with van der Waals surface area (Å²) >= 11 is 0. The van der Waals surface area contributed by atoms with Crippen LogP contribution < -0.4 is 5.32 Å². The van der Waals surface area contributed by atoms with Crippen LogP contribution in [0.5, 0.6) is 0 Å². The predicted molar refractivity (Wildman–Crippen MR) is 109 cm³/mol. The van der Waals surface area contributed by atoms with Gasteiger partial charge >= 0.3 is 12.0 Å². The molecule has 1 aromatic rings. The molecule has 7 nitrogen and oxygen atoms in total. The summed E-state index contributed by atoms with van der Waals surface area (Å²) < 4.78 is 5.10. The monoisotopic (exact) mass is 412 g/mol. The molecule has 1 spiro atoms. The van der Waals surface area contributed by atoms with Crippen LogP contribution in [0.1, 0.15) is 66.9 Å². The number of Topliss-reactive ketones (excluding diaryl/α,β-unsaturated/α-hetero) is 1. The van der Waals surface area contributed by atoms with E-state index in [0.29, 0.717) is 12.0 Å². The number of amides is 3. The zero-order valence-electron chi connectivity index (χ0n) is 17.4. The lowest BCUT2D eigenvalue weighted by atomic mass is 9.73. The fraction of sp³-hybridized carbons (Fsp3) is 0.565. The van der Waals surface area contributed by atoms with Crippen LogP contribution in [0.3, 0.4) is 0 Å². The molecule has 2 atom stereocenters. The average molecular weight is 412 g/mol. The maximum Gasteiger partial charge on any atom is 0.326 e. The molecule has 1 N–H and O–H groups in total. The Bertz CT molecular complexity index is 896. The van der Waals surface area contributed by atoms with Gasteiger partial charge in [0.1, 0.15) is 12.1 Å². The minimum Gasteiger partial charge on any atom is -0.456 e. The second-order valence-electron chi connectivity index (χ2n) is 8.71. The molecule has 1 aromatic carbocycles. The average Bonchev–Trinajstić information content (AvgIpc) is 2.98. The maximum atomic E-state index is 12.9. The predicted octanol–water partition coefficient (Wildman–Crippen LogP) is 2.79. The number of aryl methyl sites for hydroxylation is 2. The molecule has 1 saturated carbocycles. The SMILES string of the molecule is C[C@H]1CCCC[C@]12NC(=O)N(CC(=O)OCC(=O)c1ccc3c(c1)CCCC3)C2=O. The molecule has 3 aliphatic rings. The summed E-state index contributed by atoms with van der Waals surface area (Å²) in [6.07, 6.45) is 7.61. The zero-order chi connectivity index (χ0) is 21.3.